The van der Waals surface area contributed by atoms with E-state index in [1.165, 1.54) is 24.3 Å². The standard InChI is InChI=1S/C24H27NO10S/c1-14-9-11-18(12-10-14)36(30,31)32-13-19-21(33-15(2)26)20(22(24(29)35-19)34-16(3)27)25-23(28)17-7-5-4-6-8-17/h4-12,19-22,24,29H,13H2,1-3H3,(H,25,28)/t19-,20-,21-,22+,24+/m0/s1. The number of aryl methyl sites for hydroxylation is 1. The summed E-state index contributed by atoms with van der Waals surface area (Å²) in [7, 11) is -4.24. The molecule has 5 atom stereocenters. The fourth-order valence-electron chi connectivity index (χ4n) is 3.65. The molecule has 0 spiro atoms. The number of benzene rings is 2. The van der Waals surface area contributed by atoms with Crippen molar-refractivity contribution in [2.45, 2.75) is 56.3 Å². The molecule has 2 aromatic rings. The molecular formula is C24H27NO10S. The summed E-state index contributed by atoms with van der Waals surface area (Å²) in [5, 5.41) is 13.2. The van der Waals surface area contributed by atoms with Gasteiger partial charge in [-0.15, -0.1) is 0 Å². The van der Waals surface area contributed by atoms with Gasteiger partial charge in [-0.3, -0.25) is 18.6 Å². The summed E-state index contributed by atoms with van der Waals surface area (Å²) in [6.07, 6.45) is -5.99. The first-order valence-corrected chi connectivity index (χ1v) is 12.4. The molecule has 12 heteroatoms. The molecule has 0 unspecified atom stereocenters. The molecule has 1 fully saturated rings. The number of ether oxygens (including phenoxy) is 3. The highest BCUT2D eigenvalue weighted by atomic mass is 32.2. The maximum Gasteiger partial charge on any atom is 0.303 e. The van der Waals surface area contributed by atoms with Gasteiger partial charge in [0, 0.05) is 19.4 Å². The van der Waals surface area contributed by atoms with Gasteiger partial charge in [-0.2, -0.15) is 8.42 Å². The van der Waals surface area contributed by atoms with Gasteiger partial charge in [0.05, 0.1) is 11.5 Å². The third-order valence-corrected chi connectivity index (χ3v) is 6.60. The van der Waals surface area contributed by atoms with Crippen molar-refractivity contribution in [2.24, 2.45) is 0 Å². The molecule has 0 radical (unpaired) electrons. The Morgan fingerprint density at radius 3 is 2.11 bits per heavy atom. The van der Waals surface area contributed by atoms with Gasteiger partial charge in [0.2, 0.25) is 0 Å². The van der Waals surface area contributed by atoms with Crippen LogP contribution in [0.1, 0.15) is 29.8 Å². The summed E-state index contributed by atoms with van der Waals surface area (Å²) >= 11 is 0. The first-order chi connectivity index (χ1) is 17.0. The Balaban J connectivity index is 1.89. The highest BCUT2D eigenvalue weighted by Crippen LogP contribution is 2.27. The van der Waals surface area contributed by atoms with E-state index in [9.17, 15) is 27.9 Å². The van der Waals surface area contributed by atoms with Crippen molar-refractivity contribution in [3.05, 3.63) is 65.7 Å². The van der Waals surface area contributed by atoms with Crippen LogP contribution >= 0.6 is 0 Å². The summed E-state index contributed by atoms with van der Waals surface area (Å²) in [6, 6.07) is 12.7. The molecule has 0 aromatic heterocycles. The average molecular weight is 522 g/mol. The Bertz CT molecular complexity index is 1180. The van der Waals surface area contributed by atoms with Gasteiger partial charge < -0.3 is 24.6 Å². The van der Waals surface area contributed by atoms with Crippen LogP contribution in [0.15, 0.2) is 59.5 Å². The maximum atomic E-state index is 12.9. The third-order valence-electron chi connectivity index (χ3n) is 5.30. The quantitative estimate of drug-likeness (QED) is 0.381. The number of rotatable bonds is 8. The molecule has 1 saturated heterocycles. The number of aliphatic hydroxyl groups is 1. The first kappa shape index (κ1) is 27.3. The number of esters is 2. The number of hydrogen-bond acceptors (Lipinski definition) is 10. The molecule has 0 aliphatic carbocycles. The van der Waals surface area contributed by atoms with E-state index < -0.39 is 65.2 Å². The Hall–Kier alpha value is -3.32. The summed E-state index contributed by atoms with van der Waals surface area (Å²) in [5.74, 6) is -2.19. The van der Waals surface area contributed by atoms with E-state index in [0.717, 1.165) is 19.4 Å². The molecule has 1 aliphatic heterocycles. The summed E-state index contributed by atoms with van der Waals surface area (Å²) in [5.41, 5.74) is 1.09. The minimum absolute atomic E-state index is 0.111. The molecule has 194 valence electrons. The van der Waals surface area contributed by atoms with E-state index in [1.54, 1.807) is 37.3 Å². The van der Waals surface area contributed by atoms with Crippen LogP contribution in [0.25, 0.3) is 0 Å². The van der Waals surface area contributed by atoms with E-state index in [-0.39, 0.29) is 10.5 Å². The smallest absolute Gasteiger partial charge is 0.303 e. The van der Waals surface area contributed by atoms with Crippen LogP contribution in [-0.4, -0.2) is 68.6 Å². The van der Waals surface area contributed by atoms with Gasteiger partial charge in [0.1, 0.15) is 12.1 Å². The predicted octanol–water partition coefficient (Wildman–Crippen LogP) is 1.08. The van der Waals surface area contributed by atoms with Gasteiger partial charge in [0.15, 0.2) is 18.5 Å². The Kier molecular flexibility index (Phi) is 8.79. The van der Waals surface area contributed by atoms with Crippen molar-refractivity contribution in [1.82, 2.24) is 5.32 Å². The molecular weight excluding hydrogens is 494 g/mol. The highest BCUT2D eigenvalue weighted by Gasteiger charge is 2.50. The fourth-order valence-corrected chi connectivity index (χ4v) is 4.56. The van der Waals surface area contributed by atoms with Crippen molar-refractivity contribution < 1.29 is 46.3 Å². The highest BCUT2D eigenvalue weighted by molar-refractivity contribution is 7.86. The Labute approximate surface area is 208 Å². The molecule has 36 heavy (non-hydrogen) atoms. The van der Waals surface area contributed by atoms with Crippen LogP contribution in [0.3, 0.4) is 0 Å². The van der Waals surface area contributed by atoms with Crippen LogP contribution < -0.4 is 5.32 Å². The molecule has 2 N–H and O–H groups in total. The predicted molar refractivity (Wildman–Crippen MR) is 124 cm³/mol. The largest absolute Gasteiger partial charge is 0.457 e. The number of carbonyl (C=O) groups is 3. The minimum Gasteiger partial charge on any atom is -0.457 e. The van der Waals surface area contributed by atoms with Crippen molar-refractivity contribution in [3.63, 3.8) is 0 Å². The van der Waals surface area contributed by atoms with Crippen molar-refractivity contribution in [3.8, 4) is 0 Å². The summed E-state index contributed by atoms with van der Waals surface area (Å²) in [6.45, 7) is 3.31. The molecule has 3 rings (SSSR count). The number of carbonyl (C=O) groups excluding carboxylic acids is 3. The number of amides is 1. The molecule has 11 nitrogen and oxygen atoms in total. The van der Waals surface area contributed by atoms with E-state index >= 15 is 0 Å². The van der Waals surface area contributed by atoms with E-state index in [0.29, 0.717) is 0 Å². The second kappa shape index (κ2) is 11.6. The van der Waals surface area contributed by atoms with E-state index in [1.807, 2.05) is 0 Å². The molecule has 2 aromatic carbocycles. The Morgan fingerprint density at radius 2 is 1.53 bits per heavy atom. The monoisotopic (exact) mass is 521 g/mol. The first-order valence-electron chi connectivity index (χ1n) is 11.0. The molecule has 1 heterocycles. The van der Waals surface area contributed by atoms with E-state index in [2.05, 4.69) is 5.32 Å². The lowest BCUT2D eigenvalue weighted by atomic mass is 9.95. The van der Waals surface area contributed by atoms with Crippen LogP contribution in [0.2, 0.25) is 0 Å². The zero-order valence-corrected chi connectivity index (χ0v) is 20.6. The second-order valence-corrected chi connectivity index (χ2v) is 9.75. The Morgan fingerprint density at radius 1 is 0.944 bits per heavy atom. The second-order valence-electron chi connectivity index (χ2n) is 8.13. The SMILES string of the molecule is CC(=O)O[C@@H]1[C@@H](NC(=O)c2ccccc2)[C@@H](OC(C)=O)[C@H](COS(=O)(=O)c2ccc(C)cc2)O[C@H]1O. The van der Waals surface area contributed by atoms with Gasteiger partial charge >= 0.3 is 11.9 Å². The zero-order chi connectivity index (χ0) is 26.5. The van der Waals surface area contributed by atoms with E-state index in [4.69, 9.17) is 18.4 Å². The summed E-state index contributed by atoms with van der Waals surface area (Å²) < 4.78 is 46.4. The van der Waals surface area contributed by atoms with Gasteiger partial charge in [-0.1, -0.05) is 35.9 Å². The van der Waals surface area contributed by atoms with Crippen LogP contribution in [-0.2, 0) is 38.1 Å². The number of aliphatic hydroxyl groups excluding tert-OH is 1. The van der Waals surface area contributed by atoms with Crippen molar-refractivity contribution >= 4 is 28.0 Å². The average Bonchev–Trinajstić information content (AvgIpc) is 2.82. The van der Waals surface area contributed by atoms with Crippen molar-refractivity contribution in [2.75, 3.05) is 6.61 Å². The molecule has 0 bridgehead atoms. The topological polar surface area (TPSA) is 155 Å². The molecule has 0 saturated carbocycles. The molecule has 1 aliphatic rings. The third kappa shape index (κ3) is 6.88. The van der Waals surface area contributed by atoms with Crippen LogP contribution in [0, 0.1) is 6.92 Å². The maximum absolute atomic E-state index is 12.9. The summed E-state index contributed by atoms with van der Waals surface area (Å²) in [4.78, 5) is 36.4. The zero-order valence-electron chi connectivity index (χ0n) is 19.8. The van der Waals surface area contributed by atoms with Gasteiger partial charge in [-0.05, 0) is 31.2 Å². The number of nitrogens with one attached hydrogen (secondary N) is 1. The van der Waals surface area contributed by atoms with Gasteiger partial charge in [0.25, 0.3) is 16.0 Å². The fraction of sp³-hybridized carbons (Fsp3) is 0.375. The normalized spacial score (nSPS) is 23.9. The van der Waals surface area contributed by atoms with Crippen LogP contribution in [0.5, 0.6) is 0 Å². The van der Waals surface area contributed by atoms with Crippen molar-refractivity contribution in [1.29, 1.82) is 0 Å². The molecule has 1 amide bonds. The lowest BCUT2D eigenvalue weighted by Crippen LogP contribution is -2.66. The van der Waals surface area contributed by atoms with Crippen LogP contribution in [0.4, 0.5) is 0 Å². The lowest BCUT2D eigenvalue weighted by molar-refractivity contribution is -0.268. The number of hydrogen-bond donors (Lipinski definition) is 2. The van der Waals surface area contributed by atoms with Gasteiger partial charge in [-0.25, -0.2) is 0 Å². The lowest BCUT2D eigenvalue weighted by Gasteiger charge is -2.43. The minimum atomic E-state index is -4.24.